The van der Waals surface area contributed by atoms with Crippen molar-refractivity contribution in [2.75, 3.05) is 17.1 Å². The number of carbonyl (C=O) groups is 1. The van der Waals surface area contributed by atoms with E-state index in [1.54, 1.807) is 24.3 Å². The Morgan fingerprint density at radius 2 is 2.00 bits per heavy atom. The monoisotopic (exact) mass is 412 g/mol. The number of anilines is 1. The van der Waals surface area contributed by atoms with Crippen molar-refractivity contribution in [2.24, 2.45) is 0 Å². The molecule has 0 saturated carbocycles. The molecule has 6 nitrogen and oxygen atoms in total. The van der Waals surface area contributed by atoms with Gasteiger partial charge in [0, 0.05) is 24.5 Å². The Balaban J connectivity index is 1.77. The largest absolute Gasteiger partial charge is 0.478 e. The van der Waals surface area contributed by atoms with E-state index in [2.05, 4.69) is 5.32 Å². The first-order chi connectivity index (χ1) is 12.7. The summed E-state index contributed by atoms with van der Waals surface area (Å²) in [6.45, 7) is 0.295. The van der Waals surface area contributed by atoms with Gasteiger partial charge in [-0.15, -0.1) is 0 Å². The molecule has 2 aromatic carbocycles. The minimum Gasteiger partial charge on any atom is -0.478 e. The Morgan fingerprint density at radius 3 is 2.67 bits per heavy atom. The number of carbonyl (C=O) groups excluding carboxylic acids is 1. The fraction of sp³-hybridized carbons (Fsp3) is 0.278. The van der Waals surface area contributed by atoms with E-state index in [0.29, 0.717) is 10.7 Å². The average Bonchev–Trinajstić information content (AvgIpc) is 2.80. The summed E-state index contributed by atoms with van der Waals surface area (Å²) < 4.78 is 44.2. The van der Waals surface area contributed by atoms with E-state index in [-0.39, 0.29) is 37.0 Å². The molecule has 0 spiro atoms. The van der Waals surface area contributed by atoms with Gasteiger partial charge in [0.15, 0.2) is 6.10 Å². The molecule has 1 amide bonds. The van der Waals surface area contributed by atoms with Gasteiger partial charge < -0.3 is 10.1 Å². The summed E-state index contributed by atoms with van der Waals surface area (Å²) in [4.78, 5) is 12.5. The third-order valence-electron chi connectivity index (χ3n) is 4.13. The third-order valence-corrected chi connectivity index (χ3v) is 5.54. The minimum absolute atomic E-state index is 0.0841. The van der Waals surface area contributed by atoms with E-state index in [1.165, 1.54) is 22.5 Å². The number of ether oxygens (including phenoxy) is 1. The first-order valence-electron chi connectivity index (χ1n) is 8.20. The van der Waals surface area contributed by atoms with Crippen molar-refractivity contribution >= 4 is 33.2 Å². The lowest BCUT2D eigenvalue weighted by atomic mass is 10.2. The Hall–Kier alpha value is -2.32. The number of nitrogens with zero attached hydrogens (tertiary/aromatic N) is 1. The molecule has 2 aromatic rings. The number of hydrogen-bond donors (Lipinski definition) is 1. The highest BCUT2D eigenvalue weighted by Crippen LogP contribution is 2.36. The van der Waals surface area contributed by atoms with Crippen molar-refractivity contribution in [3.05, 3.63) is 58.9 Å². The number of hydrogen-bond acceptors (Lipinski definition) is 4. The molecule has 144 valence electrons. The van der Waals surface area contributed by atoms with Gasteiger partial charge >= 0.3 is 0 Å². The molecular weight excluding hydrogens is 395 g/mol. The van der Waals surface area contributed by atoms with E-state index in [1.807, 2.05) is 0 Å². The Kier molecular flexibility index (Phi) is 5.57. The van der Waals surface area contributed by atoms with Gasteiger partial charge in [-0.25, -0.2) is 12.8 Å². The van der Waals surface area contributed by atoms with Crippen molar-refractivity contribution in [2.45, 2.75) is 19.1 Å². The smallest absolute Gasteiger partial charge is 0.261 e. The van der Waals surface area contributed by atoms with E-state index < -0.39 is 16.1 Å². The SMILES string of the molecule is CS(=O)(=O)N1CC[C@@H](C(=O)NCc2ccc(F)cc2)Oc2ccc(Cl)cc21. The van der Waals surface area contributed by atoms with Crippen LogP contribution in [-0.2, 0) is 21.4 Å². The Labute approximate surface area is 161 Å². The molecule has 1 atom stereocenters. The Bertz CT molecular complexity index is 950. The van der Waals surface area contributed by atoms with E-state index >= 15 is 0 Å². The predicted octanol–water partition coefficient (Wildman–Crippen LogP) is 2.71. The number of sulfonamides is 1. The molecule has 0 aromatic heterocycles. The molecule has 0 unspecified atom stereocenters. The zero-order valence-electron chi connectivity index (χ0n) is 14.5. The number of amides is 1. The maximum absolute atomic E-state index is 13.0. The molecule has 0 bridgehead atoms. The highest BCUT2D eigenvalue weighted by molar-refractivity contribution is 7.92. The molecule has 1 aliphatic heterocycles. The molecule has 1 heterocycles. The van der Waals surface area contributed by atoms with Crippen LogP contribution in [0.25, 0.3) is 0 Å². The lowest BCUT2D eigenvalue weighted by molar-refractivity contribution is -0.128. The maximum Gasteiger partial charge on any atom is 0.261 e. The van der Waals surface area contributed by atoms with Crippen LogP contribution < -0.4 is 14.4 Å². The van der Waals surface area contributed by atoms with Crippen LogP contribution in [0.3, 0.4) is 0 Å². The standard InChI is InChI=1S/C18H18ClFN2O4S/c1-27(24,25)22-9-8-17(26-16-7-4-13(19)10-15(16)22)18(23)21-11-12-2-5-14(20)6-3-12/h2-7,10,17H,8-9,11H2,1H3,(H,21,23)/t17-/m0/s1. The fourth-order valence-corrected chi connectivity index (χ4v) is 3.89. The lowest BCUT2D eigenvalue weighted by Gasteiger charge is -2.21. The van der Waals surface area contributed by atoms with Gasteiger partial charge in [-0.2, -0.15) is 0 Å². The topological polar surface area (TPSA) is 75.7 Å². The van der Waals surface area contributed by atoms with Gasteiger partial charge in [0.25, 0.3) is 5.91 Å². The van der Waals surface area contributed by atoms with Gasteiger partial charge in [-0.3, -0.25) is 9.10 Å². The average molecular weight is 413 g/mol. The summed E-state index contributed by atoms with van der Waals surface area (Å²) in [7, 11) is -3.56. The first kappa shape index (κ1) is 19.4. The summed E-state index contributed by atoms with van der Waals surface area (Å²) in [6, 6.07) is 10.4. The van der Waals surface area contributed by atoms with Gasteiger partial charge in [-0.1, -0.05) is 23.7 Å². The first-order valence-corrected chi connectivity index (χ1v) is 10.4. The molecule has 3 rings (SSSR count). The summed E-state index contributed by atoms with van der Waals surface area (Å²) in [5, 5.41) is 3.10. The van der Waals surface area contributed by atoms with Crippen LogP contribution in [0, 0.1) is 5.82 Å². The van der Waals surface area contributed by atoms with E-state index in [9.17, 15) is 17.6 Å². The van der Waals surface area contributed by atoms with Crippen molar-refractivity contribution in [3.63, 3.8) is 0 Å². The van der Waals surface area contributed by atoms with Crippen molar-refractivity contribution in [1.29, 1.82) is 0 Å². The zero-order chi connectivity index (χ0) is 19.6. The van der Waals surface area contributed by atoms with Gasteiger partial charge in [-0.05, 0) is 35.9 Å². The molecule has 0 aliphatic carbocycles. The highest BCUT2D eigenvalue weighted by Gasteiger charge is 2.31. The highest BCUT2D eigenvalue weighted by atomic mass is 35.5. The fourth-order valence-electron chi connectivity index (χ4n) is 2.79. The predicted molar refractivity (Wildman–Crippen MR) is 101 cm³/mol. The number of benzene rings is 2. The second kappa shape index (κ2) is 7.74. The summed E-state index contributed by atoms with van der Waals surface area (Å²) in [6.07, 6.45) is 0.401. The van der Waals surface area contributed by atoms with E-state index in [4.69, 9.17) is 16.3 Å². The number of halogens is 2. The molecule has 27 heavy (non-hydrogen) atoms. The number of fused-ring (bicyclic) bond motifs is 1. The molecule has 9 heteroatoms. The second-order valence-electron chi connectivity index (χ2n) is 6.19. The van der Waals surface area contributed by atoms with Gasteiger partial charge in [0.05, 0.1) is 11.9 Å². The van der Waals surface area contributed by atoms with Crippen LogP contribution in [0.5, 0.6) is 5.75 Å². The lowest BCUT2D eigenvalue weighted by Crippen LogP contribution is -2.39. The molecule has 0 radical (unpaired) electrons. The minimum atomic E-state index is -3.56. The zero-order valence-corrected chi connectivity index (χ0v) is 16.1. The molecular formula is C18H18ClFN2O4S. The van der Waals surface area contributed by atoms with Crippen LogP contribution in [-0.4, -0.2) is 33.2 Å². The quantitative estimate of drug-likeness (QED) is 0.837. The molecule has 1 aliphatic rings. The van der Waals surface area contributed by atoms with Crippen LogP contribution in [0.4, 0.5) is 10.1 Å². The van der Waals surface area contributed by atoms with Crippen molar-refractivity contribution in [1.82, 2.24) is 5.32 Å². The number of rotatable bonds is 4. The van der Waals surface area contributed by atoms with Crippen LogP contribution >= 0.6 is 11.6 Å². The Morgan fingerprint density at radius 1 is 1.30 bits per heavy atom. The van der Waals surface area contributed by atoms with Crippen LogP contribution in [0.1, 0.15) is 12.0 Å². The summed E-state index contributed by atoms with van der Waals surface area (Å²) in [5.74, 6) is -0.465. The van der Waals surface area contributed by atoms with Crippen LogP contribution in [0.2, 0.25) is 5.02 Å². The third kappa shape index (κ3) is 4.70. The van der Waals surface area contributed by atoms with E-state index in [0.717, 1.165) is 11.8 Å². The summed E-state index contributed by atoms with van der Waals surface area (Å²) >= 11 is 5.99. The van der Waals surface area contributed by atoms with Crippen molar-refractivity contribution < 1.29 is 22.3 Å². The van der Waals surface area contributed by atoms with Crippen LogP contribution in [0.15, 0.2) is 42.5 Å². The maximum atomic E-state index is 13.0. The van der Waals surface area contributed by atoms with Gasteiger partial charge in [0.1, 0.15) is 11.6 Å². The molecule has 1 N–H and O–H groups in total. The molecule has 0 fully saturated rings. The number of nitrogens with one attached hydrogen (secondary N) is 1. The normalized spacial score (nSPS) is 16.9. The molecule has 0 saturated heterocycles. The summed E-state index contributed by atoms with van der Waals surface area (Å²) in [5.41, 5.74) is 1.04. The van der Waals surface area contributed by atoms with Gasteiger partial charge in [0.2, 0.25) is 10.0 Å². The second-order valence-corrected chi connectivity index (χ2v) is 8.53. The van der Waals surface area contributed by atoms with Crippen molar-refractivity contribution in [3.8, 4) is 5.75 Å².